The molecule has 2 heterocycles. The molecule has 2 atom stereocenters. The Labute approximate surface area is 127 Å². The summed E-state index contributed by atoms with van der Waals surface area (Å²) in [7, 11) is 1.53. The minimum Gasteiger partial charge on any atom is -0.481 e. The van der Waals surface area contributed by atoms with Crippen LogP contribution in [0.15, 0.2) is 59.2 Å². The molecule has 22 heavy (non-hydrogen) atoms. The Bertz CT molecular complexity index is 835. The fourth-order valence-electron chi connectivity index (χ4n) is 2.93. The highest BCUT2D eigenvalue weighted by molar-refractivity contribution is 6.07. The number of ether oxygens (including phenoxy) is 2. The van der Waals surface area contributed by atoms with Crippen LogP contribution in [0, 0.1) is 0 Å². The average Bonchev–Trinajstić information content (AvgIpc) is 3.04. The number of methoxy groups -OCH3 is 1. The summed E-state index contributed by atoms with van der Waals surface area (Å²) in [4.78, 5) is 12.8. The fourth-order valence-corrected chi connectivity index (χ4v) is 2.93. The third kappa shape index (κ3) is 1.84. The van der Waals surface area contributed by atoms with Gasteiger partial charge in [-0.25, -0.2) is 0 Å². The van der Waals surface area contributed by atoms with Crippen molar-refractivity contribution in [2.24, 2.45) is 0 Å². The molecule has 1 aromatic heterocycles. The van der Waals surface area contributed by atoms with Gasteiger partial charge in [0.25, 0.3) is 0 Å². The summed E-state index contributed by atoms with van der Waals surface area (Å²) in [5, 5.41) is 0.807. The summed E-state index contributed by atoms with van der Waals surface area (Å²) in [5.74, 6) is 0.499. The molecule has 4 nitrogen and oxygen atoms in total. The molecule has 0 amide bonds. The lowest BCUT2D eigenvalue weighted by Crippen LogP contribution is -2.37. The number of Topliss-reactive ketones (excluding diaryl/α,β-unsaturated/α-hetero) is 1. The van der Waals surface area contributed by atoms with Gasteiger partial charge in [0.1, 0.15) is 11.3 Å². The minimum atomic E-state index is -0.653. The first-order chi connectivity index (χ1) is 10.8. The van der Waals surface area contributed by atoms with E-state index in [0.717, 1.165) is 10.9 Å². The van der Waals surface area contributed by atoms with Gasteiger partial charge in [-0.15, -0.1) is 0 Å². The Balaban J connectivity index is 1.89. The molecule has 0 radical (unpaired) electrons. The molecule has 2 unspecified atom stereocenters. The highest BCUT2D eigenvalue weighted by atomic mass is 16.5. The maximum atomic E-state index is 12.8. The van der Waals surface area contributed by atoms with Crippen molar-refractivity contribution in [3.8, 4) is 5.75 Å². The molecule has 1 aliphatic heterocycles. The lowest BCUT2D eigenvalue weighted by atomic mass is 9.92. The number of furan rings is 1. The second kappa shape index (κ2) is 5.00. The number of carbonyl (C=O) groups is 1. The van der Waals surface area contributed by atoms with Crippen LogP contribution in [0.3, 0.4) is 0 Å². The summed E-state index contributed by atoms with van der Waals surface area (Å²) in [6.07, 6.45) is 0.476. The second-order valence-corrected chi connectivity index (χ2v) is 5.24. The lowest BCUT2D eigenvalue weighted by Gasteiger charge is -2.32. The molecular weight excluding hydrogens is 280 g/mol. The van der Waals surface area contributed by atoms with Crippen LogP contribution in [0.25, 0.3) is 11.0 Å². The quantitative estimate of drug-likeness (QED) is 0.722. The Hall–Kier alpha value is -2.59. The van der Waals surface area contributed by atoms with Crippen molar-refractivity contribution in [2.45, 2.75) is 12.2 Å². The molecule has 3 aromatic rings. The molecule has 0 spiro atoms. The summed E-state index contributed by atoms with van der Waals surface area (Å²) >= 11 is 0. The Morgan fingerprint density at radius 3 is 2.64 bits per heavy atom. The molecule has 0 saturated carbocycles. The number of hydrogen-bond donors (Lipinski definition) is 0. The molecule has 4 heteroatoms. The van der Waals surface area contributed by atoms with Gasteiger partial charge < -0.3 is 13.9 Å². The first-order valence-electron chi connectivity index (χ1n) is 7.08. The molecule has 4 rings (SSSR count). The highest BCUT2D eigenvalue weighted by Gasteiger charge is 2.39. The Morgan fingerprint density at radius 1 is 1.05 bits per heavy atom. The summed E-state index contributed by atoms with van der Waals surface area (Å²) < 4.78 is 17.0. The number of carbonyl (C=O) groups excluding carboxylic acids is 1. The van der Waals surface area contributed by atoms with Crippen molar-refractivity contribution in [3.05, 3.63) is 65.9 Å². The summed E-state index contributed by atoms with van der Waals surface area (Å²) in [6.45, 7) is 0. The standard InChI is InChI=1S/C18H14O4/c1-20-18-15(19)13-7-8-14-12(9-10-21-14)17(13)22-16(18)11-5-3-2-4-6-11/h2-10,16,18H,1H3. The van der Waals surface area contributed by atoms with E-state index in [1.807, 2.05) is 36.4 Å². The molecular formula is C18H14O4. The zero-order valence-corrected chi connectivity index (χ0v) is 12.0. The molecule has 0 fully saturated rings. The van der Waals surface area contributed by atoms with E-state index in [2.05, 4.69) is 0 Å². The van der Waals surface area contributed by atoms with Gasteiger partial charge in [-0.2, -0.15) is 0 Å². The van der Waals surface area contributed by atoms with E-state index in [1.165, 1.54) is 7.11 Å². The first kappa shape index (κ1) is 13.1. The van der Waals surface area contributed by atoms with Crippen LogP contribution in [0.5, 0.6) is 5.75 Å². The van der Waals surface area contributed by atoms with Crippen LogP contribution < -0.4 is 4.74 Å². The lowest BCUT2D eigenvalue weighted by molar-refractivity contribution is 0.0000676. The highest BCUT2D eigenvalue weighted by Crippen LogP contribution is 2.41. The van der Waals surface area contributed by atoms with Gasteiger partial charge in [0.2, 0.25) is 0 Å². The topological polar surface area (TPSA) is 48.7 Å². The van der Waals surface area contributed by atoms with E-state index < -0.39 is 12.2 Å². The SMILES string of the molecule is COC1C(=O)c2ccc3occc3c2OC1c1ccccc1. The predicted octanol–water partition coefficient (Wildman–Crippen LogP) is 3.76. The zero-order chi connectivity index (χ0) is 15.1. The predicted molar refractivity (Wildman–Crippen MR) is 81.2 cm³/mol. The van der Waals surface area contributed by atoms with Gasteiger partial charge in [-0.1, -0.05) is 30.3 Å². The number of hydrogen-bond acceptors (Lipinski definition) is 4. The van der Waals surface area contributed by atoms with E-state index in [9.17, 15) is 4.79 Å². The molecule has 0 saturated heterocycles. The van der Waals surface area contributed by atoms with Crippen molar-refractivity contribution in [3.63, 3.8) is 0 Å². The van der Waals surface area contributed by atoms with Crippen molar-refractivity contribution < 1.29 is 18.7 Å². The van der Waals surface area contributed by atoms with Gasteiger partial charge in [0, 0.05) is 7.11 Å². The largest absolute Gasteiger partial charge is 0.481 e. The van der Waals surface area contributed by atoms with E-state index in [4.69, 9.17) is 13.9 Å². The van der Waals surface area contributed by atoms with E-state index in [-0.39, 0.29) is 5.78 Å². The van der Waals surface area contributed by atoms with Gasteiger partial charge >= 0.3 is 0 Å². The summed E-state index contributed by atoms with van der Waals surface area (Å²) in [6, 6.07) is 15.0. The minimum absolute atomic E-state index is 0.0688. The van der Waals surface area contributed by atoms with Crippen molar-refractivity contribution >= 4 is 16.8 Å². The van der Waals surface area contributed by atoms with Crippen LogP contribution in [-0.2, 0) is 4.74 Å². The van der Waals surface area contributed by atoms with Gasteiger partial charge in [-0.05, 0) is 23.8 Å². The van der Waals surface area contributed by atoms with Crippen LogP contribution >= 0.6 is 0 Å². The van der Waals surface area contributed by atoms with E-state index in [0.29, 0.717) is 16.9 Å². The third-order valence-corrected chi connectivity index (χ3v) is 4.01. The molecule has 110 valence electrons. The van der Waals surface area contributed by atoms with Gasteiger partial charge in [0.15, 0.2) is 18.0 Å². The molecule has 0 bridgehead atoms. The van der Waals surface area contributed by atoms with Crippen molar-refractivity contribution in [1.29, 1.82) is 0 Å². The smallest absolute Gasteiger partial charge is 0.199 e. The number of benzene rings is 2. The molecule has 1 aliphatic rings. The maximum Gasteiger partial charge on any atom is 0.199 e. The number of rotatable bonds is 2. The van der Waals surface area contributed by atoms with Gasteiger partial charge in [0.05, 0.1) is 17.2 Å². The fraction of sp³-hybridized carbons (Fsp3) is 0.167. The molecule has 2 aromatic carbocycles. The van der Waals surface area contributed by atoms with Gasteiger partial charge in [-0.3, -0.25) is 4.79 Å². The maximum absolute atomic E-state index is 12.8. The molecule has 0 N–H and O–H groups in total. The monoisotopic (exact) mass is 294 g/mol. The Kier molecular flexibility index (Phi) is 2.98. The van der Waals surface area contributed by atoms with Crippen LogP contribution in [0.1, 0.15) is 22.0 Å². The number of fused-ring (bicyclic) bond motifs is 3. The first-order valence-corrected chi connectivity index (χ1v) is 7.08. The van der Waals surface area contributed by atoms with Crippen molar-refractivity contribution in [1.82, 2.24) is 0 Å². The van der Waals surface area contributed by atoms with Crippen LogP contribution in [0.2, 0.25) is 0 Å². The normalized spacial score (nSPS) is 20.7. The zero-order valence-electron chi connectivity index (χ0n) is 12.0. The summed E-state index contributed by atoms with van der Waals surface area (Å²) in [5.41, 5.74) is 2.15. The van der Waals surface area contributed by atoms with Crippen LogP contribution in [-0.4, -0.2) is 19.0 Å². The second-order valence-electron chi connectivity index (χ2n) is 5.24. The van der Waals surface area contributed by atoms with Crippen LogP contribution in [0.4, 0.5) is 0 Å². The van der Waals surface area contributed by atoms with E-state index >= 15 is 0 Å². The average molecular weight is 294 g/mol. The Morgan fingerprint density at radius 2 is 1.86 bits per heavy atom. The van der Waals surface area contributed by atoms with Crippen molar-refractivity contribution in [2.75, 3.05) is 7.11 Å². The van der Waals surface area contributed by atoms with E-state index in [1.54, 1.807) is 18.4 Å². The third-order valence-electron chi connectivity index (χ3n) is 4.01. The molecule has 0 aliphatic carbocycles. The number of ketones is 1.